The van der Waals surface area contributed by atoms with Crippen LogP contribution in [0.4, 0.5) is 0 Å². The van der Waals surface area contributed by atoms with E-state index >= 15 is 0 Å². The Kier molecular flexibility index (Phi) is 3.28. The van der Waals surface area contributed by atoms with Crippen LogP contribution >= 0.6 is 24.9 Å². The molecule has 10 heavy (non-hydrogen) atoms. The molecule has 0 aliphatic rings. The van der Waals surface area contributed by atoms with Gasteiger partial charge in [0.2, 0.25) is 0 Å². The second-order valence-corrected chi connectivity index (χ2v) is 28.0. The summed E-state index contributed by atoms with van der Waals surface area (Å²) in [7, 11) is 17.4. The first-order valence-corrected chi connectivity index (χ1v) is 19.0. The van der Waals surface area contributed by atoms with Gasteiger partial charge in [0.25, 0.3) is 0 Å². The van der Waals surface area contributed by atoms with Crippen LogP contribution in [0, 0.1) is 0 Å². The molecule has 0 unspecified atom stereocenters. The summed E-state index contributed by atoms with van der Waals surface area (Å²) >= 11 is -3.41. The summed E-state index contributed by atoms with van der Waals surface area (Å²) < 4.78 is 0.917. The zero-order valence-electron chi connectivity index (χ0n) is 5.02. The minimum atomic E-state index is -3.41. The van der Waals surface area contributed by atoms with E-state index in [-0.39, 0.29) is 0 Å². The maximum atomic E-state index is 5.81. The van der Waals surface area contributed by atoms with Crippen LogP contribution < -0.4 is 3.12 Å². The molecule has 0 radical (unpaired) electrons. The van der Waals surface area contributed by atoms with Crippen molar-refractivity contribution >= 4 is 45.6 Å². The van der Waals surface area contributed by atoms with Gasteiger partial charge in [-0.1, -0.05) is 0 Å². The quantitative estimate of drug-likeness (QED) is 0.647. The molecule has 0 saturated heterocycles. The van der Waals surface area contributed by atoms with Gasteiger partial charge < -0.3 is 0 Å². The third-order valence-electron chi connectivity index (χ3n) is 1.10. The molecular weight excluding hydrogens is 386 g/mol. The van der Waals surface area contributed by atoms with E-state index in [1.54, 1.807) is 0 Å². The van der Waals surface area contributed by atoms with Crippen molar-refractivity contribution in [3.8, 4) is 0 Å². The number of hydrogen-bond acceptors (Lipinski definition) is 0. The zero-order valence-corrected chi connectivity index (χ0v) is 11.2. The monoisotopic (exact) mass is 390 g/mol. The maximum absolute atomic E-state index is 5.81. The summed E-state index contributed by atoms with van der Waals surface area (Å²) in [5.74, 6) is 0. The van der Waals surface area contributed by atoms with E-state index in [0.29, 0.717) is 0 Å². The molecule has 4 heteroatoms. The van der Waals surface area contributed by atoms with Crippen molar-refractivity contribution in [3.63, 3.8) is 0 Å². The molecule has 0 amide bonds. The summed E-state index contributed by atoms with van der Waals surface area (Å²) in [4.78, 5) is 0. The second-order valence-electron chi connectivity index (χ2n) is 1.86. The Balaban J connectivity index is 2.97. The van der Waals surface area contributed by atoms with E-state index in [0.717, 1.165) is 3.12 Å². The fraction of sp³-hybridized carbons (Fsp3) is 0. The predicted molar refractivity (Wildman–Crippen MR) is 49.4 cm³/mol. The molecule has 0 bridgehead atoms. The SMILES string of the molecule is [Cl][Pb]([Cl])([Cl])[c]1ccccc1. The van der Waals surface area contributed by atoms with Gasteiger partial charge in [-0.05, 0) is 0 Å². The summed E-state index contributed by atoms with van der Waals surface area (Å²) in [5.41, 5.74) is 0. The topological polar surface area (TPSA) is 0 Å². The molecule has 0 aromatic heterocycles. The first-order valence-electron chi connectivity index (χ1n) is 2.73. The van der Waals surface area contributed by atoms with Crippen LogP contribution in [-0.4, -0.2) is 17.5 Å². The third kappa shape index (κ3) is 2.57. The van der Waals surface area contributed by atoms with E-state index in [4.69, 9.17) is 24.9 Å². The number of hydrogen-bond donors (Lipinski definition) is 0. The Labute approximate surface area is 75.2 Å². The third-order valence-corrected chi connectivity index (χ3v) is 10.7. The summed E-state index contributed by atoms with van der Waals surface area (Å²) in [5, 5.41) is 0. The molecule has 0 fully saturated rings. The van der Waals surface area contributed by atoms with Gasteiger partial charge in [-0.15, -0.1) is 0 Å². The van der Waals surface area contributed by atoms with Crippen LogP contribution in [0.1, 0.15) is 0 Å². The molecule has 1 aromatic rings. The van der Waals surface area contributed by atoms with E-state index < -0.39 is 17.5 Å². The van der Waals surface area contributed by atoms with E-state index in [1.807, 2.05) is 30.3 Å². The molecule has 0 aliphatic heterocycles. The molecule has 1 aromatic carbocycles. The minimum absolute atomic E-state index is 0.917. The van der Waals surface area contributed by atoms with Crippen LogP contribution in [0.5, 0.6) is 0 Å². The van der Waals surface area contributed by atoms with Crippen LogP contribution in [-0.2, 0) is 0 Å². The summed E-state index contributed by atoms with van der Waals surface area (Å²) in [6.07, 6.45) is 0. The van der Waals surface area contributed by atoms with Crippen molar-refractivity contribution in [2.45, 2.75) is 0 Å². The fourth-order valence-corrected chi connectivity index (χ4v) is 6.16. The van der Waals surface area contributed by atoms with Gasteiger partial charge in [0.1, 0.15) is 0 Å². The Morgan fingerprint density at radius 2 is 1.40 bits per heavy atom. The molecule has 0 atom stereocenters. The van der Waals surface area contributed by atoms with Crippen molar-refractivity contribution in [2.75, 3.05) is 0 Å². The fourth-order valence-electron chi connectivity index (χ4n) is 0.627. The first kappa shape index (κ1) is 9.10. The predicted octanol–water partition coefficient (Wildman–Crippen LogP) is 2.55. The molecule has 0 N–H and O–H groups in total. The Morgan fingerprint density at radius 1 is 0.900 bits per heavy atom. The van der Waals surface area contributed by atoms with Gasteiger partial charge in [0, 0.05) is 0 Å². The van der Waals surface area contributed by atoms with Gasteiger partial charge >= 0.3 is 75.9 Å². The standard InChI is InChI=1S/C6H5.3ClH.Pb/c1-2-4-6-5-3-1;;;;/h1-5H;3*1H;/q;;;;+3/p-3. The number of halogens is 3. The van der Waals surface area contributed by atoms with Crippen molar-refractivity contribution in [1.82, 2.24) is 0 Å². The van der Waals surface area contributed by atoms with Gasteiger partial charge in [-0.3, -0.25) is 0 Å². The summed E-state index contributed by atoms with van der Waals surface area (Å²) in [6, 6.07) is 9.42. The van der Waals surface area contributed by atoms with Gasteiger partial charge in [-0.2, -0.15) is 0 Å². The van der Waals surface area contributed by atoms with Crippen molar-refractivity contribution < 1.29 is 0 Å². The van der Waals surface area contributed by atoms with Crippen molar-refractivity contribution in [3.05, 3.63) is 30.3 Å². The molecular formula is C6H5Cl3Pb. The van der Waals surface area contributed by atoms with E-state index in [9.17, 15) is 0 Å². The van der Waals surface area contributed by atoms with Crippen molar-refractivity contribution in [2.24, 2.45) is 0 Å². The number of benzene rings is 1. The molecule has 0 nitrogen and oxygen atoms in total. The van der Waals surface area contributed by atoms with E-state index in [1.165, 1.54) is 0 Å². The number of rotatable bonds is 1. The average molecular weight is 391 g/mol. The molecule has 0 spiro atoms. The van der Waals surface area contributed by atoms with Gasteiger partial charge in [-0.25, -0.2) is 0 Å². The average Bonchev–Trinajstić information content (AvgIpc) is 1.88. The Bertz CT molecular complexity index is 204. The molecule has 0 heterocycles. The molecule has 0 aliphatic carbocycles. The van der Waals surface area contributed by atoms with Crippen LogP contribution in [0.15, 0.2) is 30.3 Å². The molecule has 0 saturated carbocycles. The van der Waals surface area contributed by atoms with E-state index in [2.05, 4.69) is 0 Å². The normalized spacial score (nSPS) is 11.5. The van der Waals surface area contributed by atoms with Crippen LogP contribution in [0.2, 0.25) is 0 Å². The summed E-state index contributed by atoms with van der Waals surface area (Å²) in [6.45, 7) is 0. The first-order chi connectivity index (χ1) is 4.61. The van der Waals surface area contributed by atoms with Gasteiger partial charge in [0.05, 0.1) is 0 Å². The molecule has 1 rings (SSSR count). The van der Waals surface area contributed by atoms with Crippen LogP contribution in [0.3, 0.4) is 0 Å². The van der Waals surface area contributed by atoms with Gasteiger partial charge in [0.15, 0.2) is 0 Å². The molecule has 54 valence electrons. The van der Waals surface area contributed by atoms with Crippen LogP contribution in [0.25, 0.3) is 0 Å². The zero-order chi connectivity index (χ0) is 7.61. The second kappa shape index (κ2) is 3.61. The Morgan fingerprint density at radius 3 is 1.70 bits per heavy atom. The Hall–Kier alpha value is 1.01. The van der Waals surface area contributed by atoms with Crippen molar-refractivity contribution in [1.29, 1.82) is 0 Å².